The van der Waals surface area contributed by atoms with Crippen molar-refractivity contribution in [3.8, 4) is 5.75 Å². The normalized spacial score (nSPS) is 16.0. The molecular formula is C23H27FN2O4S. The summed E-state index contributed by atoms with van der Waals surface area (Å²) in [5.41, 5.74) is 1.26. The van der Waals surface area contributed by atoms with Gasteiger partial charge in [0, 0.05) is 13.1 Å². The summed E-state index contributed by atoms with van der Waals surface area (Å²) in [5, 5.41) is 5.15. The number of aryl methyl sites for hydroxylation is 1. The lowest BCUT2D eigenvalue weighted by Gasteiger charge is -2.33. The molecule has 1 aliphatic rings. The van der Waals surface area contributed by atoms with Crippen LogP contribution in [0.25, 0.3) is 0 Å². The second-order valence-electron chi connectivity index (χ2n) is 7.84. The summed E-state index contributed by atoms with van der Waals surface area (Å²) in [5.74, 6) is 0.397. The van der Waals surface area contributed by atoms with Crippen LogP contribution in [0, 0.1) is 18.7 Å². The third-order valence-corrected chi connectivity index (χ3v) is 6.58. The Hall–Kier alpha value is -2.71. The van der Waals surface area contributed by atoms with Crippen LogP contribution in [0.3, 0.4) is 0 Å². The molecule has 1 unspecified atom stereocenters. The molecule has 1 fully saturated rings. The van der Waals surface area contributed by atoms with Crippen LogP contribution in [0.1, 0.15) is 36.5 Å². The number of primary sulfonamides is 1. The van der Waals surface area contributed by atoms with Gasteiger partial charge in [0.15, 0.2) is 0 Å². The van der Waals surface area contributed by atoms with E-state index in [0.717, 1.165) is 12.8 Å². The maximum absolute atomic E-state index is 14.2. The molecule has 166 valence electrons. The lowest BCUT2D eigenvalue weighted by molar-refractivity contribution is -0.127. The molecule has 0 aromatic heterocycles. The van der Waals surface area contributed by atoms with Crippen molar-refractivity contribution < 1.29 is 22.3 Å². The Morgan fingerprint density at radius 1 is 1.26 bits per heavy atom. The third kappa shape index (κ3) is 5.92. The summed E-state index contributed by atoms with van der Waals surface area (Å²) >= 11 is 0. The van der Waals surface area contributed by atoms with Crippen molar-refractivity contribution >= 4 is 15.9 Å². The predicted octanol–water partition coefficient (Wildman–Crippen LogP) is 3.72. The number of nitrogens with two attached hydrogens (primary N) is 1. The Morgan fingerprint density at radius 3 is 2.45 bits per heavy atom. The highest BCUT2D eigenvalue weighted by atomic mass is 32.2. The van der Waals surface area contributed by atoms with Crippen molar-refractivity contribution in [3.05, 3.63) is 72.1 Å². The van der Waals surface area contributed by atoms with Crippen LogP contribution in [-0.4, -0.2) is 32.3 Å². The number of halogens is 1. The minimum Gasteiger partial charge on any atom is -0.486 e. The van der Waals surface area contributed by atoms with Gasteiger partial charge in [-0.3, -0.25) is 4.79 Å². The average Bonchev–Trinajstić information content (AvgIpc) is 2.75. The number of benzene rings is 2. The topological polar surface area (TPSA) is 89.7 Å². The quantitative estimate of drug-likeness (QED) is 0.657. The van der Waals surface area contributed by atoms with Crippen LogP contribution in [0.4, 0.5) is 4.39 Å². The van der Waals surface area contributed by atoms with E-state index in [1.807, 2.05) is 6.07 Å². The lowest BCUT2D eigenvalue weighted by Crippen LogP contribution is -2.37. The molecule has 1 aliphatic heterocycles. The van der Waals surface area contributed by atoms with Gasteiger partial charge >= 0.3 is 0 Å². The summed E-state index contributed by atoms with van der Waals surface area (Å²) in [7, 11) is -3.79. The number of hydrogen-bond acceptors (Lipinski definition) is 4. The van der Waals surface area contributed by atoms with E-state index < -0.39 is 16.1 Å². The first kappa shape index (κ1) is 23.0. The highest BCUT2D eigenvalue weighted by Crippen LogP contribution is 2.33. The number of amides is 1. The molecule has 6 nitrogen and oxygen atoms in total. The van der Waals surface area contributed by atoms with Crippen molar-refractivity contribution in [2.75, 3.05) is 13.1 Å². The Labute approximate surface area is 182 Å². The molecule has 1 amide bonds. The van der Waals surface area contributed by atoms with Gasteiger partial charge in [0.2, 0.25) is 15.9 Å². The number of carbonyl (C=O) groups excluding carboxylic acids is 1. The zero-order valence-corrected chi connectivity index (χ0v) is 18.3. The minimum atomic E-state index is -3.79. The van der Waals surface area contributed by atoms with Crippen LogP contribution in [0.5, 0.6) is 5.75 Å². The molecule has 0 saturated carbocycles. The fraction of sp³-hybridized carbons (Fsp3) is 0.348. The van der Waals surface area contributed by atoms with Gasteiger partial charge in [-0.2, -0.15) is 0 Å². The molecule has 1 atom stereocenters. The largest absolute Gasteiger partial charge is 0.486 e. The van der Waals surface area contributed by atoms with E-state index in [0.29, 0.717) is 42.3 Å². The highest BCUT2D eigenvalue weighted by Gasteiger charge is 2.26. The first-order valence-corrected chi connectivity index (χ1v) is 11.7. The number of rotatable bonds is 7. The molecule has 0 bridgehead atoms. The Morgan fingerprint density at radius 2 is 1.90 bits per heavy atom. The number of nitrogens with zero attached hydrogens (tertiary/aromatic N) is 1. The molecule has 2 aromatic carbocycles. The first-order valence-electron chi connectivity index (χ1n) is 10.1. The number of likely N-dealkylation sites (tertiary alicyclic amines) is 1. The monoisotopic (exact) mass is 446 g/mol. The fourth-order valence-corrected chi connectivity index (χ4v) is 4.27. The van der Waals surface area contributed by atoms with Crippen LogP contribution < -0.4 is 9.88 Å². The van der Waals surface area contributed by atoms with Crippen molar-refractivity contribution in [2.24, 2.45) is 11.1 Å². The second kappa shape index (κ2) is 9.62. The van der Waals surface area contributed by atoms with E-state index in [9.17, 15) is 17.6 Å². The van der Waals surface area contributed by atoms with Crippen LogP contribution in [-0.2, 0) is 14.8 Å². The summed E-state index contributed by atoms with van der Waals surface area (Å²) < 4.78 is 43.3. The number of ether oxygens (including phenoxy) is 1. The Kier molecular flexibility index (Phi) is 7.12. The highest BCUT2D eigenvalue weighted by molar-refractivity contribution is 7.89. The van der Waals surface area contributed by atoms with E-state index in [1.165, 1.54) is 24.3 Å². The van der Waals surface area contributed by atoms with Gasteiger partial charge in [-0.25, -0.2) is 17.9 Å². The minimum absolute atomic E-state index is 0.00274. The Bertz CT molecular complexity index is 1050. The van der Waals surface area contributed by atoms with E-state index in [2.05, 4.69) is 6.58 Å². The van der Waals surface area contributed by atoms with E-state index in [4.69, 9.17) is 9.88 Å². The maximum Gasteiger partial charge on any atom is 0.245 e. The number of sulfonamides is 1. The zero-order chi connectivity index (χ0) is 22.6. The molecule has 2 aromatic rings. The molecule has 0 spiro atoms. The number of hydrogen-bond donors (Lipinski definition) is 1. The van der Waals surface area contributed by atoms with Gasteiger partial charge in [0.05, 0.1) is 4.90 Å². The van der Waals surface area contributed by atoms with Gasteiger partial charge in [0.25, 0.3) is 0 Å². The van der Waals surface area contributed by atoms with Crippen molar-refractivity contribution in [1.82, 2.24) is 4.90 Å². The molecule has 3 rings (SSSR count). The molecule has 0 aliphatic carbocycles. The van der Waals surface area contributed by atoms with Crippen molar-refractivity contribution in [3.63, 3.8) is 0 Å². The van der Waals surface area contributed by atoms with Crippen LogP contribution in [0.2, 0.25) is 0 Å². The standard InChI is InChI=1S/C23H27FN2O4S/c1-3-23(27)26-12-10-17(11-13-26)14-22(18-5-4-16(2)21(24)15-18)30-19-6-8-20(9-7-19)31(25,28)29/h3-9,15,17,22H,1,10-14H2,2H3,(H2,25,28,29). The summed E-state index contributed by atoms with van der Waals surface area (Å²) in [6.07, 6.45) is 3.19. The van der Waals surface area contributed by atoms with Crippen LogP contribution >= 0.6 is 0 Å². The Balaban J connectivity index is 1.78. The summed E-state index contributed by atoms with van der Waals surface area (Å²) in [4.78, 5) is 13.6. The van der Waals surface area contributed by atoms with Gasteiger partial charge in [0.1, 0.15) is 17.7 Å². The number of carbonyl (C=O) groups is 1. The molecule has 1 saturated heterocycles. The third-order valence-electron chi connectivity index (χ3n) is 5.65. The average molecular weight is 447 g/mol. The predicted molar refractivity (Wildman–Crippen MR) is 116 cm³/mol. The molecular weight excluding hydrogens is 419 g/mol. The first-order chi connectivity index (χ1) is 14.7. The van der Waals surface area contributed by atoms with E-state index in [-0.39, 0.29) is 16.6 Å². The smallest absolute Gasteiger partial charge is 0.245 e. The fourth-order valence-electron chi connectivity index (χ4n) is 3.75. The van der Waals surface area contributed by atoms with E-state index in [1.54, 1.807) is 30.0 Å². The van der Waals surface area contributed by atoms with Crippen molar-refractivity contribution in [2.45, 2.75) is 37.2 Å². The maximum atomic E-state index is 14.2. The molecule has 31 heavy (non-hydrogen) atoms. The van der Waals surface area contributed by atoms with Gasteiger partial charge in [-0.1, -0.05) is 18.7 Å². The van der Waals surface area contributed by atoms with Gasteiger partial charge in [-0.05, 0) is 79.6 Å². The SMILES string of the molecule is C=CC(=O)N1CCC(CC(Oc2ccc(S(N)(=O)=O)cc2)c2ccc(C)c(F)c2)CC1. The lowest BCUT2D eigenvalue weighted by atomic mass is 9.88. The summed E-state index contributed by atoms with van der Waals surface area (Å²) in [6.45, 7) is 6.53. The number of piperidine rings is 1. The van der Waals surface area contributed by atoms with Crippen molar-refractivity contribution in [1.29, 1.82) is 0 Å². The zero-order valence-electron chi connectivity index (χ0n) is 17.5. The molecule has 1 heterocycles. The summed E-state index contributed by atoms with van der Waals surface area (Å²) in [6, 6.07) is 10.9. The molecule has 8 heteroatoms. The molecule has 0 radical (unpaired) electrons. The molecule has 2 N–H and O–H groups in total. The van der Waals surface area contributed by atoms with E-state index >= 15 is 0 Å². The van der Waals surface area contributed by atoms with Crippen LogP contribution in [0.15, 0.2) is 60.0 Å². The van der Waals surface area contributed by atoms with Gasteiger partial charge in [-0.15, -0.1) is 0 Å². The second-order valence-corrected chi connectivity index (χ2v) is 9.40. The van der Waals surface area contributed by atoms with Gasteiger partial charge < -0.3 is 9.64 Å².